The topological polar surface area (TPSA) is 108 Å². The van der Waals surface area contributed by atoms with Gasteiger partial charge < -0.3 is 28.8 Å². The van der Waals surface area contributed by atoms with Gasteiger partial charge in [0.2, 0.25) is 5.91 Å². The molecule has 0 heterocycles. The number of likely N-dealkylation sites (N-methyl/N-ethyl adjacent to an activating group) is 1. The standard InChI is InChI=1S/C70H135N2O6P/c1-6-8-10-12-14-16-18-20-22-24-26-28-29-30-31-32-33-34-35-36-37-38-39-40-41-42-43-44-46-48-50-52-54-56-58-60-62-64-70(74)71-68(67-78-79(75,76)77-66-65-72(3,4)5)69(73)63-61-59-57-55-53-51-49-47-45-27-25-23-21-19-17-15-13-11-9-7-2/h18,20,24,26,29-30,61,63,68-69,73H,6-17,19,21-23,25,27-28,31-60,62,64-67H2,1-5H3,(H-,71,74,75,76)/b20-18-,26-24-,30-29-,63-61+. The number of hydrogen-bond acceptors (Lipinski definition) is 6. The number of carbonyl (C=O) groups is 1. The Labute approximate surface area is 492 Å². The zero-order valence-corrected chi connectivity index (χ0v) is 54.2. The van der Waals surface area contributed by atoms with Gasteiger partial charge in [0.05, 0.1) is 39.9 Å². The molecule has 0 saturated carbocycles. The summed E-state index contributed by atoms with van der Waals surface area (Å²) in [5, 5.41) is 13.9. The summed E-state index contributed by atoms with van der Waals surface area (Å²) in [6.45, 7) is 4.68. The Hall–Kier alpha value is -1.54. The molecule has 0 aliphatic carbocycles. The molecule has 3 unspecified atom stereocenters. The van der Waals surface area contributed by atoms with Crippen molar-refractivity contribution >= 4 is 13.7 Å². The van der Waals surface area contributed by atoms with Crippen LogP contribution in [-0.2, 0) is 18.4 Å². The summed E-state index contributed by atoms with van der Waals surface area (Å²) in [6, 6.07) is -0.886. The maximum atomic E-state index is 13.0. The molecule has 2 N–H and O–H groups in total. The summed E-state index contributed by atoms with van der Waals surface area (Å²) in [5.74, 6) is -0.191. The van der Waals surface area contributed by atoms with Crippen LogP contribution in [0.3, 0.4) is 0 Å². The minimum Gasteiger partial charge on any atom is -0.756 e. The summed E-state index contributed by atoms with van der Waals surface area (Å²) < 4.78 is 23.4. The number of aliphatic hydroxyl groups is 1. The quantitative estimate of drug-likeness (QED) is 0.0272. The molecule has 0 radical (unpaired) electrons. The van der Waals surface area contributed by atoms with Crippen molar-refractivity contribution in [2.24, 2.45) is 0 Å². The highest BCUT2D eigenvalue weighted by Gasteiger charge is 2.23. The molecule has 0 aliphatic heterocycles. The van der Waals surface area contributed by atoms with E-state index in [0.29, 0.717) is 17.4 Å². The molecule has 0 rings (SSSR count). The Morgan fingerprint density at radius 2 is 0.734 bits per heavy atom. The number of quaternary nitrogens is 1. The number of unbranched alkanes of at least 4 members (excludes halogenated alkanes) is 45. The molecule has 1 amide bonds. The molecule has 0 aromatic rings. The maximum absolute atomic E-state index is 13.0. The van der Waals surface area contributed by atoms with Gasteiger partial charge in [-0.2, -0.15) is 0 Å². The molecule has 0 fully saturated rings. The van der Waals surface area contributed by atoms with Gasteiger partial charge in [0, 0.05) is 6.42 Å². The predicted octanol–water partition coefficient (Wildman–Crippen LogP) is 21.2. The summed E-state index contributed by atoms with van der Waals surface area (Å²) in [4.78, 5) is 25.6. The first-order valence-electron chi connectivity index (χ1n) is 34.5. The SMILES string of the molecule is CCCCCCC/C=C\C/C=C\C/C=C\CCCCCCCCCCCCCCCCCCCCCCCCC(=O)NC(COP(=O)([O-])OCC[N+](C)(C)C)C(O)/C=C/CCCCCCCCCCCCCCCCCCCC. The molecule has 3 atom stereocenters. The molecule has 9 heteroatoms. The van der Waals surface area contributed by atoms with Crippen molar-refractivity contribution in [1.82, 2.24) is 5.32 Å². The number of nitrogens with zero attached hydrogens (tertiary/aromatic N) is 1. The third-order valence-electron chi connectivity index (χ3n) is 15.8. The lowest BCUT2D eigenvalue weighted by atomic mass is 10.0. The van der Waals surface area contributed by atoms with E-state index in [4.69, 9.17) is 9.05 Å². The van der Waals surface area contributed by atoms with E-state index in [9.17, 15) is 19.4 Å². The molecular formula is C70H135N2O6P. The van der Waals surface area contributed by atoms with E-state index >= 15 is 0 Å². The fourth-order valence-electron chi connectivity index (χ4n) is 10.4. The lowest BCUT2D eigenvalue weighted by Crippen LogP contribution is -2.45. The summed E-state index contributed by atoms with van der Waals surface area (Å²) in [7, 11) is 1.28. The van der Waals surface area contributed by atoms with Gasteiger partial charge in [0.25, 0.3) is 7.82 Å². The van der Waals surface area contributed by atoms with Gasteiger partial charge in [-0.25, -0.2) is 0 Å². The smallest absolute Gasteiger partial charge is 0.268 e. The number of aliphatic hydroxyl groups excluding tert-OH is 1. The predicted molar refractivity (Wildman–Crippen MR) is 344 cm³/mol. The van der Waals surface area contributed by atoms with E-state index in [1.165, 1.54) is 270 Å². The number of rotatable bonds is 64. The first kappa shape index (κ1) is 77.5. The van der Waals surface area contributed by atoms with Crippen molar-refractivity contribution in [2.45, 2.75) is 353 Å². The third-order valence-corrected chi connectivity index (χ3v) is 16.7. The van der Waals surface area contributed by atoms with Gasteiger partial charge in [-0.15, -0.1) is 0 Å². The lowest BCUT2D eigenvalue weighted by molar-refractivity contribution is -0.870. The highest BCUT2D eigenvalue weighted by Crippen LogP contribution is 2.38. The van der Waals surface area contributed by atoms with E-state index in [0.717, 1.165) is 51.4 Å². The second kappa shape index (κ2) is 61.0. The summed E-state index contributed by atoms with van der Waals surface area (Å²) >= 11 is 0. The van der Waals surface area contributed by atoms with Gasteiger partial charge in [0.1, 0.15) is 13.2 Å². The highest BCUT2D eigenvalue weighted by molar-refractivity contribution is 7.45. The van der Waals surface area contributed by atoms with Gasteiger partial charge in [-0.05, 0) is 57.8 Å². The summed E-state index contributed by atoms with van der Waals surface area (Å²) in [5.41, 5.74) is 0. The largest absolute Gasteiger partial charge is 0.756 e. The van der Waals surface area contributed by atoms with Crippen LogP contribution in [0.4, 0.5) is 0 Å². The van der Waals surface area contributed by atoms with Crippen LogP contribution in [0.15, 0.2) is 48.6 Å². The van der Waals surface area contributed by atoms with Crippen LogP contribution in [0.25, 0.3) is 0 Å². The fourth-order valence-corrected chi connectivity index (χ4v) is 11.1. The van der Waals surface area contributed by atoms with Crippen LogP contribution >= 0.6 is 7.82 Å². The Bertz CT molecular complexity index is 1430. The Kier molecular flexibility index (Phi) is 59.8. The zero-order valence-electron chi connectivity index (χ0n) is 53.3. The first-order chi connectivity index (χ1) is 38.5. The number of phosphoric acid groups is 1. The van der Waals surface area contributed by atoms with Crippen LogP contribution in [0.5, 0.6) is 0 Å². The van der Waals surface area contributed by atoms with Gasteiger partial charge >= 0.3 is 0 Å². The van der Waals surface area contributed by atoms with Crippen molar-refractivity contribution in [1.29, 1.82) is 0 Å². The molecule has 0 aromatic carbocycles. The highest BCUT2D eigenvalue weighted by atomic mass is 31.2. The van der Waals surface area contributed by atoms with E-state index in [1.54, 1.807) is 6.08 Å². The van der Waals surface area contributed by atoms with Crippen LogP contribution in [0, 0.1) is 0 Å². The minimum absolute atomic E-state index is 0.000625. The van der Waals surface area contributed by atoms with Crippen molar-refractivity contribution in [3.63, 3.8) is 0 Å². The van der Waals surface area contributed by atoms with Crippen molar-refractivity contribution in [3.05, 3.63) is 48.6 Å². The fraction of sp³-hybridized carbons (Fsp3) is 0.871. The van der Waals surface area contributed by atoms with Crippen molar-refractivity contribution in [3.8, 4) is 0 Å². The van der Waals surface area contributed by atoms with Crippen LogP contribution < -0.4 is 10.2 Å². The number of phosphoric ester groups is 1. The van der Waals surface area contributed by atoms with E-state index in [2.05, 4.69) is 55.6 Å². The molecule has 0 saturated heterocycles. The van der Waals surface area contributed by atoms with Crippen molar-refractivity contribution in [2.75, 3.05) is 40.9 Å². The van der Waals surface area contributed by atoms with Gasteiger partial charge in [-0.1, -0.05) is 326 Å². The molecule has 0 aromatic heterocycles. The molecule has 466 valence electrons. The van der Waals surface area contributed by atoms with Crippen LogP contribution in [-0.4, -0.2) is 68.5 Å². The number of carbonyl (C=O) groups excluding carboxylic acids is 1. The van der Waals surface area contributed by atoms with Gasteiger partial charge in [0.15, 0.2) is 0 Å². The minimum atomic E-state index is -4.60. The van der Waals surface area contributed by atoms with Gasteiger partial charge in [-0.3, -0.25) is 9.36 Å². The average molecular weight is 1130 g/mol. The normalized spacial score (nSPS) is 14.0. The van der Waals surface area contributed by atoms with Crippen molar-refractivity contribution < 1.29 is 32.9 Å². The molecule has 0 bridgehead atoms. The molecule has 0 aliphatic rings. The maximum Gasteiger partial charge on any atom is 0.268 e. The van der Waals surface area contributed by atoms with E-state index < -0.39 is 20.0 Å². The van der Waals surface area contributed by atoms with Crippen LogP contribution in [0.2, 0.25) is 0 Å². The Morgan fingerprint density at radius 1 is 0.443 bits per heavy atom. The first-order valence-corrected chi connectivity index (χ1v) is 36.0. The lowest BCUT2D eigenvalue weighted by Gasteiger charge is -2.29. The zero-order chi connectivity index (χ0) is 57.7. The van der Waals surface area contributed by atoms with E-state index in [-0.39, 0.29) is 19.1 Å². The number of nitrogens with one attached hydrogen (secondary N) is 1. The van der Waals surface area contributed by atoms with E-state index in [1.807, 2.05) is 27.2 Å². The summed E-state index contributed by atoms with van der Waals surface area (Å²) in [6.07, 6.45) is 82.3. The molecule has 79 heavy (non-hydrogen) atoms. The Morgan fingerprint density at radius 3 is 1.06 bits per heavy atom. The third kappa shape index (κ3) is 63.9. The number of amides is 1. The number of hydrogen-bond donors (Lipinski definition) is 2. The monoisotopic (exact) mass is 1130 g/mol. The average Bonchev–Trinajstić information content (AvgIpc) is 3.42. The van der Waals surface area contributed by atoms with Crippen LogP contribution in [0.1, 0.15) is 341 Å². The second-order valence-corrected chi connectivity index (χ2v) is 26.3. The molecule has 8 nitrogen and oxygen atoms in total. The Balaban J connectivity index is 3.98. The molecule has 0 spiro atoms. The number of allylic oxidation sites excluding steroid dienone is 7. The molecular weight excluding hydrogens is 996 g/mol. The second-order valence-electron chi connectivity index (χ2n) is 24.9.